The zero-order valence-corrected chi connectivity index (χ0v) is 10.6. The second kappa shape index (κ2) is 7.08. The Bertz CT molecular complexity index is 263. The van der Waals surface area contributed by atoms with Gasteiger partial charge < -0.3 is 16.2 Å². The summed E-state index contributed by atoms with van der Waals surface area (Å²) in [4.78, 5) is 21.8. The predicted molar refractivity (Wildman–Crippen MR) is 63.8 cm³/mol. The van der Waals surface area contributed by atoms with E-state index in [1.807, 2.05) is 0 Å². The molecule has 0 saturated carbocycles. The molecule has 0 rings (SSSR count). The van der Waals surface area contributed by atoms with E-state index >= 15 is 0 Å². The van der Waals surface area contributed by atoms with E-state index in [0.29, 0.717) is 19.4 Å². The van der Waals surface area contributed by atoms with Crippen LogP contribution in [0.4, 0.5) is 4.79 Å². The molecule has 0 spiro atoms. The highest BCUT2D eigenvalue weighted by Gasteiger charge is 2.15. The lowest BCUT2D eigenvalue weighted by Crippen LogP contribution is -2.42. The first-order chi connectivity index (χ1) is 7.72. The number of nitrogens with two attached hydrogens (primary N) is 2. The number of ether oxygens (including phenoxy) is 1. The lowest BCUT2D eigenvalue weighted by molar-refractivity contribution is -0.119. The van der Waals surface area contributed by atoms with Crippen LogP contribution in [0.3, 0.4) is 0 Å². The van der Waals surface area contributed by atoms with Gasteiger partial charge in [0.15, 0.2) is 0 Å². The topological polar surface area (TPSA) is 119 Å². The molecule has 0 aromatic carbocycles. The van der Waals surface area contributed by atoms with Crippen molar-refractivity contribution in [2.45, 2.75) is 45.3 Å². The molecular formula is C10H22N4O3. The van der Waals surface area contributed by atoms with Gasteiger partial charge in [0.05, 0.1) is 6.04 Å². The van der Waals surface area contributed by atoms with Gasteiger partial charge in [0.1, 0.15) is 5.60 Å². The van der Waals surface area contributed by atoms with Crippen molar-refractivity contribution in [2.75, 3.05) is 6.54 Å². The number of carbonyl (C=O) groups is 2. The normalized spacial score (nSPS) is 12.9. The summed E-state index contributed by atoms with van der Waals surface area (Å²) >= 11 is 0. The summed E-state index contributed by atoms with van der Waals surface area (Å²) in [6.45, 7) is 5.82. The Kier molecular flexibility index (Phi) is 6.52. The molecule has 0 saturated heterocycles. The van der Waals surface area contributed by atoms with Crippen molar-refractivity contribution >= 4 is 12.0 Å². The van der Waals surface area contributed by atoms with Crippen molar-refractivity contribution in [3.8, 4) is 0 Å². The molecule has 0 aliphatic rings. The molecule has 0 aliphatic carbocycles. The van der Waals surface area contributed by atoms with Crippen LogP contribution in [0.25, 0.3) is 0 Å². The molecule has 0 bridgehead atoms. The van der Waals surface area contributed by atoms with Crippen LogP contribution in [0.2, 0.25) is 0 Å². The third kappa shape index (κ3) is 9.58. The number of nitrogens with one attached hydrogen (secondary N) is 2. The fourth-order valence-corrected chi connectivity index (χ4v) is 0.991. The Hall–Kier alpha value is -1.34. The summed E-state index contributed by atoms with van der Waals surface area (Å²) < 4.78 is 4.99. The van der Waals surface area contributed by atoms with Gasteiger partial charge in [0.25, 0.3) is 0 Å². The Morgan fingerprint density at radius 1 is 1.35 bits per heavy atom. The minimum Gasteiger partial charge on any atom is -0.443 e. The first kappa shape index (κ1) is 15.7. The van der Waals surface area contributed by atoms with Crippen molar-refractivity contribution in [1.82, 2.24) is 10.9 Å². The van der Waals surface area contributed by atoms with Crippen LogP contribution in [-0.2, 0) is 9.53 Å². The van der Waals surface area contributed by atoms with Gasteiger partial charge in [-0.3, -0.25) is 10.2 Å². The van der Waals surface area contributed by atoms with Gasteiger partial charge in [-0.25, -0.2) is 10.2 Å². The molecule has 0 radical (unpaired) electrons. The van der Waals surface area contributed by atoms with E-state index in [2.05, 4.69) is 10.9 Å². The summed E-state index contributed by atoms with van der Waals surface area (Å²) in [7, 11) is 0. The van der Waals surface area contributed by atoms with Crippen molar-refractivity contribution in [3.05, 3.63) is 0 Å². The Morgan fingerprint density at radius 3 is 2.41 bits per heavy atom. The third-order valence-corrected chi connectivity index (χ3v) is 1.77. The smallest absolute Gasteiger partial charge is 0.422 e. The van der Waals surface area contributed by atoms with Gasteiger partial charge in [0.2, 0.25) is 5.91 Å². The number of primary amides is 1. The second-order valence-electron chi connectivity index (χ2n) is 4.70. The molecule has 2 amide bonds. The first-order valence-corrected chi connectivity index (χ1v) is 5.49. The van der Waals surface area contributed by atoms with Gasteiger partial charge in [-0.2, -0.15) is 0 Å². The van der Waals surface area contributed by atoms with E-state index < -0.39 is 23.6 Å². The van der Waals surface area contributed by atoms with Gasteiger partial charge in [-0.1, -0.05) is 0 Å². The van der Waals surface area contributed by atoms with E-state index in [4.69, 9.17) is 16.2 Å². The molecule has 7 heteroatoms. The molecule has 0 unspecified atom stereocenters. The largest absolute Gasteiger partial charge is 0.443 e. The van der Waals surface area contributed by atoms with Crippen LogP contribution in [0.5, 0.6) is 0 Å². The molecule has 6 N–H and O–H groups in total. The van der Waals surface area contributed by atoms with E-state index in [1.165, 1.54) is 0 Å². The highest BCUT2D eigenvalue weighted by Crippen LogP contribution is 2.05. The van der Waals surface area contributed by atoms with Crippen molar-refractivity contribution in [3.63, 3.8) is 0 Å². The van der Waals surface area contributed by atoms with Crippen LogP contribution >= 0.6 is 0 Å². The minimum absolute atomic E-state index is 0.471. The number of hydrazine groups is 1. The molecule has 0 aromatic rings. The molecule has 0 aromatic heterocycles. The van der Waals surface area contributed by atoms with Crippen molar-refractivity contribution < 1.29 is 14.3 Å². The first-order valence-electron chi connectivity index (χ1n) is 5.49. The fourth-order valence-electron chi connectivity index (χ4n) is 0.991. The number of hydrogen-bond acceptors (Lipinski definition) is 5. The molecule has 0 heterocycles. The van der Waals surface area contributed by atoms with Crippen LogP contribution < -0.4 is 22.3 Å². The summed E-state index contributed by atoms with van der Waals surface area (Å²) in [6, 6.07) is -0.640. The number of amides is 2. The highest BCUT2D eigenvalue weighted by atomic mass is 16.6. The van der Waals surface area contributed by atoms with Crippen LogP contribution in [-0.4, -0.2) is 30.2 Å². The zero-order chi connectivity index (χ0) is 13.5. The molecule has 100 valence electrons. The van der Waals surface area contributed by atoms with Crippen LogP contribution in [0.1, 0.15) is 33.6 Å². The Balaban J connectivity index is 3.52. The maximum Gasteiger partial charge on any atom is 0.422 e. The maximum absolute atomic E-state index is 11.2. The summed E-state index contributed by atoms with van der Waals surface area (Å²) in [5, 5.41) is 0. The van der Waals surface area contributed by atoms with Gasteiger partial charge in [0, 0.05) is 6.54 Å². The summed E-state index contributed by atoms with van der Waals surface area (Å²) in [6.07, 6.45) is 0.551. The molecule has 0 aliphatic heterocycles. The highest BCUT2D eigenvalue weighted by molar-refractivity contribution is 5.79. The van der Waals surface area contributed by atoms with E-state index in [-0.39, 0.29) is 0 Å². The average molecular weight is 246 g/mol. The molecule has 17 heavy (non-hydrogen) atoms. The van der Waals surface area contributed by atoms with Gasteiger partial charge >= 0.3 is 6.09 Å². The summed E-state index contributed by atoms with van der Waals surface area (Å²) in [5.74, 6) is -0.523. The SMILES string of the molecule is CC(C)(C)OC(=O)NNCCC[C@H](N)C(N)=O. The zero-order valence-electron chi connectivity index (χ0n) is 10.6. The van der Waals surface area contributed by atoms with Crippen LogP contribution in [0.15, 0.2) is 0 Å². The standard InChI is InChI=1S/C10H22N4O3/c1-10(2,3)17-9(16)14-13-6-4-5-7(11)8(12)15/h7,13H,4-6,11H2,1-3H3,(H2,12,15)(H,14,16)/t7-/m0/s1. The second-order valence-corrected chi connectivity index (χ2v) is 4.70. The van der Waals surface area contributed by atoms with E-state index in [0.717, 1.165) is 0 Å². The quantitative estimate of drug-likeness (QED) is 0.376. The minimum atomic E-state index is -0.640. The monoisotopic (exact) mass is 246 g/mol. The Morgan fingerprint density at radius 2 is 1.94 bits per heavy atom. The fraction of sp³-hybridized carbons (Fsp3) is 0.800. The van der Waals surface area contributed by atoms with E-state index in [1.54, 1.807) is 20.8 Å². The Labute approximate surface area is 101 Å². The van der Waals surface area contributed by atoms with E-state index in [9.17, 15) is 9.59 Å². The third-order valence-electron chi connectivity index (χ3n) is 1.77. The molecular weight excluding hydrogens is 224 g/mol. The van der Waals surface area contributed by atoms with Crippen molar-refractivity contribution in [2.24, 2.45) is 11.5 Å². The predicted octanol–water partition coefficient (Wildman–Crippen LogP) is -0.391. The van der Waals surface area contributed by atoms with Gasteiger partial charge in [-0.05, 0) is 33.6 Å². The summed E-state index contributed by atoms with van der Waals surface area (Å²) in [5.41, 5.74) is 14.9. The van der Waals surface area contributed by atoms with Gasteiger partial charge in [-0.15, -0.1) is 0 Å². The number of carbonyl (C=O) groups excluding carboxylic acids is 2. The maximum atomic E-state index is 11.2. The van der Waals surface area contributed by atoms with Crippen LogP contribution in [0, 0.1) is 0 Å². The lowest BCUT2D eigenvalue weighted by Gasteiger charge is -2.19. The molecule has 0 fully saturated rings. The van der Waals surface area contributed by atoms with Crippen molar-refractivity contribution in [1.29, 1.82) is 0 Å². The molecule has 1 atom stereocenters. The number of hydrogen-bond donors (Lipinski definition) is 4. The number of rotatable bonds is 6. The molecule has 7 nitrogen and oxygen atoms in total. The lowest BCUT2D eigenvalue weighted by atomic mass is 10.1. The average Bonchev–Trinajstić information content (AvgIpc) is 2.13.